The average molecular weight is 795 g/mol. The molecule has 13 nitrogen and oxygen atoms in total. The number of aryl methyl sites for hydroxylation is 2. The summed E-state index contributed by atoms with van der Waals surface area (Å²) in [6, 6.07) is 10.1. The number of nitrogens with one attached hydrogen (secondary N) is 2. The molecule has 0 radical (unpaired) electrons. The molecule has 0 aromatic heterocycles. The number of benzene rings is 2. The van der Waals surface area contributed by atoms with Gasteiger partial charge in [-0.05, 0) is 87.0 Å². The molecule has 0 heterocycles. The van der Waals surface area contributed by atoms with Crippen molar-refractivity contribution in [1.82, 2.24) is 10.6 Å². The van der Waals surface area contributed by atoms with Crippen molar-refractivity contribution in [1.29, 1.82) is 0 Å². The van der Waals surface area contributed by atoms with Crippen LogP contribution >= 0.6 is 7.14 Å². The summed E-state index contributed by atoms with van der Waals surface area (Å²) in [4.78, 5) is 77.6. The Hall–Kier alpha value is -5.03. The fraction of sp³-hybridized carbons (Fsp3) is 0.476. The molecule has 6 unspecified atom stereocenters. The predicted octanol–water partition coefficient (Wildman–Crippen LogP) is 6.50. The second-order valence-corrected chi connectivity index (χ2v) is 17.6. The molecule has 0 aliphatic heterocycles. The topological polar surface area (TPSA) is 180 Å². The van der Waals surface area contributed by atoms with Crippen LogP contribution in [-0.2, 0) is 44.5 Å². The lowest BCUT2D eigenvalue weighted by Gasteiger charge is -2.52. The van der Waals surface area contributed by atoms with E-state index in [2.05, 4.69) is 23.8 Å². The number of aldehydes is 1. The second-order valence-electron chi connectivity index (χ2n) is 14.7. The SMILES string of the molecule is C=C(C)C(=O)OCCNC(=O)OCc1c(C)cc(C)c(C(=O)P(=O)(c2ccccc2)C2(C=O)C(C)CC(C)C(COC(=O)NCCOC(=O)C(=C)C)C2C)c1C. The van der Waals surface area contributed by atoms with Gasteiger partial charge in [0.15, 0.2) is 7.14 Å². The zero-order chi connectivity index (χ0) is 42.0. The van der Waals surface area contributed by atoms with Crippen molar-refractivity contribution in [3.63, 3.8) is 0 Å². The Morgan fingerprint density at radius 3 is 1.89 bits per heavy atom. The predicted molar refractivity (Wildman–Crippen MR) is 212 cm³/mol. The number of hydrogen-bond donors (Lipinski definition) is 2. The summed E-state index contributed by atoms with van der Waals surface area (Å²) in [7, 11) is -4.40. The van der Waals surface area contributed by atoms with Crippen molar-refractivity contribution < 1.29 is 52.3 Å². The quantitative estimate of drug-likeness (QED) is 0.0446. The number of alkyl carbamates (subject to hydrolysis) is 2. The van der Waals surface area contributed by atoms with E-state index < -0.39 is 59.7 Å². The van der Waals surface area contributed by atoms with E-state index >= 15 is 9.36 Å². The molecule has 0 bridgehead atoms. The van der Waals surface area contributed by atoms with Crippen molar-refractivity contribution in [2.24, 2.45) is 23.7 Å². The smallest absolute Gasteiger partial charge is 0.407 e. The van der Waals surface area contributed by atoms with Gasteiger partial charge in [-0.2, -0.15) is 0 Å². The Labute approximate surface area is 329 Å². The summed E-state index contributed by atoms with van der Waals surface area (Å²) >= 11 is 0. The number of hydrogen-bond acceptors (Lipinski definition) is 11. The van der Waals surface area contributed by atoms with Gasteiger partial charge < -0.3 is 38.9 Å². The lowest BCUT2D eigenvalue weighted by Crippen LogP contribution is -2.56. The fourth-order valence-corrected chi connectivity index (χ4v) is 11.7. The van der Waals surface area contributed by atoms with Gasteiger partial charge in [-0.1, -0.05) is 70.3 Å². The van der Waals surface area contributed by atoms with Crippen LogP contribution in [0.1, 0.15) is 73.7 Å². The number of esters is 2. The van der Waals surface area contributed by atoms with Crippen molar-refractivity contribution in [3.8, 4) is 0 Å². The van der Waals surface area contributed by atoms with Crippen LogP contribution in [0.3, 0.4) is 0 Å². The lowest BCUT2D eigenvalue weighted by atomic mass is 9.63. The highest BCUT2D eigenvalue weighted by atomic mass is 31.2. The normalized spacial score (nSPS) is 21.4. The van der Waals surface area contributed by atoms with Crippen LogP contribution in [0.2, 0.25) is 0 Å². The van der Waals surface area contributed by atoms with E-state index in [0.29, 0.717) is 29.4 Å². The monoisotopic (exact) mass is 794 g/mol. The van der Waals surface area contributed by atoms with E-state index in [0.717, 1.165) is 5.56 Å². The van der Waals surface area contributed by atoms with Crippen molar-refractivity contribution in [3.05, 3.63) is 88.5 Å². The molecule has 1 aliphatic rings. The molecule has 0 saturated heterocycles. The molecule has 0 spiro atoms. The molecule has 14 heteroatoms. The van der Waals surface area contributed by atoms with Gasteiger partial charge in [0.05, 0.1) is 24.9 Å². The first-order valence-corrected chi connectivity index (χ1v) is 20.3. The summed E-state index contributed by atoms with van der Waals surface area (Å²) in [6.07, 6.45) is -0.421. The Bertz CT molecular complexity index is 1890. The summed E-state index contributed by atoms with van der Waals surface area (Å²) < 4.78 is 37.3. The first-order valence-electron chi connectivity index (χ1n) is 18.6. The number of carbonyl (C=O) groups excluding carboxylic acids is 6. The van der Waals surface area contributed by atoms with Gasteiger partial charge in [-0.3, -0.25) is 4.79 Å². The maximum atomic E-state index is 16.2. The van der Waals surface area contributed by atoms with E-state index in [1.807, 2.05) is 20.8 Å². The van der Waals surface area contributed by atoms with E-state index in [4.69, 9.17) is 18.9 Å². The second kappa shape index (κ2) is 19.7. The highest BCUT2D eigenvalue weighted by Gasteiger charge is 2.64. The first-order chi connectivity index (χ1) is 26.3. The molecule has 1 fully saturated rings. The van der Waals surface area contributed by atoms with Crippen LogP contribution in [0.15, 0.2) is 60.7 Å². The number of rotatable bonds is 17. The van der Waals surface area contributed by atoms with Crippen molar-refractivity contribution in [2.75, 3.05) is 32.9 Å². The molecule has 56 heavy (non-hydrogen) atoms. The van der Waals surface area contributed by atoms with E-state index in [1.54, 1.807) is 57.2 Å². The Morgan fingerprint density at radius 2 is 1.38 bits per heavy atom. The van der Waals surface area contributed by atoms with Gasteiger partial charge in [0.2, 0.25) is 5.52 Å². The van der Waals surface area contributed by atoms with Crippen LogP contribution in [-0.4, -0.2) is 74.0 Å². The Kier molecular flexibility index (Phi) is 16.0. The zero-order valence-electron chi connectivity index (χ0n) is 33.7. The summed E-state index contributed by atoms with van der Waals surface area (Å²) in [5.41, 5.74) is 2.22. The highest BCUT2D eigenvalue weighted by Crippen LogP contribution is 2.68. The summed E-state index contributed by atoms with van der Waals surface area (Å²) in [6.45, 7) is 20.4. The largest absolute Gasteiger partial charge is 0.460 e. The van der Waals surface area contributed by atoms with E-state index in [1.165, 1.54) is 13.8 Å². The molecule has 1 saturated carbocycles. The van der Waals surface area contributed by atoms with Gasteiger partial charge in [0, 0.05) is 22.0 Å². The number of carbonyl (C=O) groups is 6. The van der Waals surface area contributed by atoms with Gasteiger partial charge in [-0.25, -0.2) is 19.2 Å². The average Bonchev–Trinajstić information content (AvgIpc) is 3.14. The standard InChI is InChI=1S/C42H55N2O11P/c1-25(2)37(46)52-18-16-43-40(49)54-22-34-27(5)20-29(7)36(31(34)9)39(48)56(51,33-14-12-11-13-15-33)42(24-45)30(8)21-28(6)35(32(42)10)23-55-41(50)44-17-19-53-38(47)26(3)4/h11-15,20,24,28,30,32,35H,1,3,16-19,21-23H2,2,4-10H3,(H,43,49)(H,44,50). The molecule has 1 aliphatic carbocycles. The third-order valence-electron chi connectivity index (χ3n) is 10.8. The van der Waals surface area contributed by atoms with E-state index in [9.17, 15) is 24.0 Å². The minimum atomic E-state index is -4.40. The minimum Gasteiger partial charge on any atom is -0.460 e. The zero-order valence-corrected chi connectivity index (χ0v) is 34.5. The minimum absolute atomic E-state index is 0.000145. The molecular weight excluding hydrogens is 739 g/mol. The Balaban J connectivity index is 1.97. The number of ether oxygens (including phenoxy) is 4. The van der Waals surface area contributed by atoms with Crippen LogP contribution in [0.25, 0.3) is 0 Å². The molecule has 6 atom stereocenters. The molecule has 2 aromatic rings. The summed E-state index contributed by atoms with van der Waals surface area (Å²) in [5, 5.41) is 3.60. The molecule has 2 N–H and O–H groups in total. The highest BCUT2D eigenvalue weighted by molar-refractivity contribution is 7.89. The van der Waals surface area contributed by atoms with Crippen molar-refractivity contribution >= 4 is 48.4 Å². The molecular formula is C42H55N2O11P. The maximum absolute atomic E-state index is 16.2. The molecule has 2 aromatic carbocycles. The van der Waals surface area contributed by atoms with Crippen LogP contribution in [0, 0.1) is 44.4 Å². The molecule has 304 valence electrons. The summed E-state index contributed by atoms with van der Waals surface area (Å²) in [5.74, 6) is -2.90. The van der Waals surface area contributed by atoms with Gasteiger partial charge in [0.25, 0.3) is 0 Å². The van der Waals surface area contributed by atoms with Gasteiger partial charge in [0.1, 0.15) is 26.1 Å². The Morgan fingerprint density at radius 1 is 0.839 bits per heavy atom. The molecule has 2 amide bonds. The molecule has 3 rings (SSSR count). The maximum Gasteiger partial charge on any atom is 0.407 e. The van der Waals surface area contributed by atoms with E-state index in [-0.39, 0.29) is 67.4 Å². The van der Waals surface area contributed by atoms with Crippen LogP contribution < -0.4 is 15.9 Å². The van der Waals surface area contributed by atoms with Crippen LogP contribution in [0.4, 0.5) is 9.59 Å². The lowest BCUT2D eigenvalue weighted by molar-refractivity contribution is -0.139. The van der Waals surface area contributed by atoms with Crippen LogP contribution in [0.5, 0.6) is 0 Å². The fourth-order valence-electron chi connectivity index (χ4n) is 7.75. The third-order valence-corrected chi connectivity index (χ3v) is 14.6. The third kappa shape index (κ3) is 9.85. The van der Waals surface area contributed by atoms with Gasteiger partial charge >= 0.3 is 24.1 Å². The number of amides is 2. The van der Waals surface area contributed by atoms with Crippen molar-refractivity contribution in [2.45, 2.75) is 73.6 Å². The first kappa shape index (κ1) is 45.4. The van der Waals surface area contributed by atoms with Gasteiger partial charge in [-0.15, -0.1) is 0 Å².